The second-order valence-electron chi connectivity index (χ2n) is 10.2. The summed E-state index contributed by atoms with van der Waals surface area (Å²) in [7, 11) is 1.92. The monoisotopic (exact) mass is 426 g/mol. The molecule has 168 valence electrons. The van der Waals surface area contributed by atoms with Crippen LogP contribution >= 0.6 is 0 Å². The number of carbonyl (C=O) groups is 1. The molecule has 0 spiro atoms. The molecule has 2 aromatic rings. The van der Waals surface area contributed by atoms with E-state index in [4.69, 9.17) is 14.7 Å². The third kappa shape index (κ3) is 6.00. The molecule has 0 aliphatic heterocycles. The molecule has 0 bridgehead atoms. The van der Waals surface area contributed by atoms with Gasteiger partial charge >= 0.3 is 0 Å². The van der Waals surface area contributed by atoms with E-state index in [1.165, 1.54) is 0 Å². The number of aromatic nitrogens is 3. The van der Waals surface area contributed by atoms with Crippen molar-refractivity contribution in [2.24, 2.45) is 5.41 Å². The average molecular weight is 427 g/mol. The summed E-state index contributed by atoms with van der Waals surface area (Å²) in [5, 5.41) is 9.49. The molecule has 0 saturated heterocycles. The molecular formula is C24H34N4O3. The number of aliphatic hydroxyl groups excluding tert-OH is 1. The Labute approximate surface area is 184 Å². The van der Waals surface area contributed by atoms with Crippen molar-refractivity contribution in [1.29, 1.82) is 0 Å². The quantitative estimate of drug-likeness (QED) is 0.690. The molecule has 0 aromatic carbocycles. The molecule has 3 rings (SSSR count). The molecule has 2 aromatic heterocycles. The highest BCUT2D eigenvalue weighted by Crippen LogP contribution is 2.32. The molecule has 0 atom stereocenters. The van der Waals surface area contributed by atoms with Crippen LogP contribution in [-0.4, -0.2) is 51.6 Å². The molecule has 0 radical (unpaired) electrons. The van der Waals surface area contributed by atoms with Gasteiger partial charge in [-0.3, -0.25) is 9.78 Å². The number of aliphatic hydroxyl groups is 1. The van der Waals surface area contributed by atoms with Gasteiger partial charge in [-0.1, -0.05) is 20.8 Å². The fourth-order valence-corrected chi connectivity index (χ4v) is 3.78. The maximum Gasteiger partial charge on any atom is 0.180 e. The number of hydrogen-bond acceptors (Lipinski definition) is 7. The summed E-state index contributed by atoms with van der Waals surface area (Å²) in [5.74, 6) is 2.13. The number of Topliss-reactive ketones (excluding diaryl/α,β-unsaturated/α-hetero) is 1. The summed E-state index contributed by atoms with van der Waals surface area (Å²) in [5.41, 5.74) is 2.03. The Morgan fingerprint density at radius 3 is 2.61 bits per heavy atom. The molecule has 2 heterocycles. The van der Waals surface area contributed by atoms with Gasteiger partial charge in [0.15, 0.2) is 11.6 Å². The first-order chi connectivity index (χ1) is 14.5. The third-order valence-corrected chi connectivity index (χ3v) is 5.15. The van der Waals surface area contributed by atoms with E-state index in [0.717, 1.165) is 36.3 Å². The number of carbonyl (C=O) groups excluding carboxylic acids is 1. The van der Waals surface area contributed by atoms with E-state index >= 15 is 0 Å². The Morgan fingerprint density at radius 2 is 1.94 bits per heavy atom. The van der Waals surface area contributed by atoms with Crippen LogP contribution in [0.5, 0.6) is 5.75 Å². The van der Waals surface area contributed by atoms with Gasteiger partial charge in [0.1, 0.15) is 22.9 Å². The first kappa shape index (κ1) is 23.1. The Hall–Kier alpha value is -2.54. The van der Waals surface area contributed by atoms with Crippen LogP contribution in [0.15, 0.2) is 18.3 Å². The predicted octanol–water partition coefficient (Wildman–Crippen LogP) is 3.62. The van der Waals surface area contributed by atoms with Gasteiger partial charge in [0, 0.05) is 37.0 Å². The number of pyridine rings is 1. The van der Waals surface area contributed by atoms with E-state index in [2.05, 4.69) is 25.8 Å². The molecule has 1 N–H and O–H groups in total. The topological polar surface area (TPSA) is 88.4 Å². The zero-order chi connectivity index (χ0) is 22.8. The first-order valence-electron chi connectivity index (χ1n) is 10.9. The second-order valence-corrected chi connectivity index (χ2v) is 10.2. The summed E-state index contributed by atoms with van der Waals surface area (Å²) in [6, 6.07) is 3.55. The predicted molar refractivity (Wildman–Crippen MR) is 121 cm³/mol. The van der Waals surface area contributed by atoms with E-state index in [0.29, 0.717) is 30.2 Å². The van der Waals surface area contributed by atoms with E-state index < -0.39 is 5.60 Å². The van der Waals surface area contributed by atoms with Gasteiger partial charge in [-0.15, -0.1) is 0 Å². The Balaban J connectivity index is 1.91. The van der Waals surface area contributed by atoms with Gasteiger partial charge in [0.2, 0.25) is 0 Å². The summed E-state index contributed by atoms with van der Waals surface area (Å²) in [6.45, 7) is 10.1. The van der Waals surface area contributed by atoms with Crippen LogP contribution in [-0.2, 0) is 17.6 Å². The fraction of sp³-hybridized carbons (Fsp3) is 0.583. The summed E-state index contributed by atoms with van der Waals surface area (Å²) in [6.07, 6.45) is 5.04. The van der Waals surface area contributed by atoms with Crippen LogP contribution in [0.2, 0.25) is 0 Å². The van der Waals surface area contributed by atoms with Crippen LogP contribution in [0, 0.1) is 5.41 Å². The van der Waals surface area contributed by atoms with Crippen LogP contribution in [0.25, 0.3) is 11.5 Å². The number of fused-ring (bicyclic) bond motifs is 1. The molecule has 1 aliphatic carbocycles. The molecular weight excluding hydrogens is 392 g/mol. The molecule has 1 aliphatic rings. The van der Waals surface area contributed by atoms with E-state index in [9.17, 15) is 9.90 Å². The highest BCUT2D eigenvalue weighted by atomic mass is 16.5. The summed E-state index contributed by atoms with van der Waals surface area (Å²) in [4.78, 5) is 28.5. The molecule has 31 heavy (non-hydrogen) atoms. The van der Waals surface area contributed by atoms with Gasteiger partial charge < -0.3 is 14.7 Å². The lowest BCUT2D eigenvalue weighted by Crippen LogP contribution is -2.32. The van der Waals surface area contributed by atoms with Crippen LogP contribution in [0.1, 0.15) is 58.7 Å². The van der Waals surface area contributed by atoms with Gasteiger partial charge in [0.25, 0.3) is 0 Å². The SMILES string of the molecule is CN(CC(=O)CC(C)(C)C)c1nc(-c2cc(OC(C)(C)CO)ccn2)nc2c1CCC2. The lowest BCUT2D eigenvalue weighted by Gasteiger charge is -2.24. The minimum absolute atomic E-state index is 0.0383. The normalized spacial score (nSPS) is 13.8. The van der Waals surface area contributed by atoms with Gasteiger partial charge in [0.05, 0.1) is 13.2 Å². The maximum atomic E-state index is 12.6. The lowest BCUT2D eigenvalue weighted by atomic mass is 9.90. The number of nitrogens with zero attached hydrogens (tertiary/aromatic N) is 4. The number of anilines is 1. The average Bonchev–Trinajstić information content (AvgIpc) is 3.14. The smallest absolute Gasteiger partial charge is 0.180 e. The van der Waals surface area contributed by atoms with E-state index in [-0.39, 0.29) is 17.8 Å². The highest BCUT2D eigenvalue weighted by molar-refractivity contribution is 5.84. The molecule has 7 nitrogen and oxygen atoms in total. The highest BCUT2D eigenvalue weighted by Gasteiger charge is 2.25. The number of ketones is 1. The fourth-order valence-electron chi connectivity index (χ4n) is 3.78. The van der Waals surface area contributed by atoms with Crippen LogP contribution in [0.4, 0.5) is 5.82 Å². The maximum absolute atomic E-state index is 12.6. The van der Waals surface area contributed by atoms with Crippen LogP contribution in [0.3, 0.4) is 0 Å². The molecule has 0 saturated carbocycles. The zero-order valence-electron chi connectivity index (χ0n) is 19.5. The zero-order valence-corrected chi connectivity index (χ0v) is 19.5. The van der Waals surface area contributed by atoms with Gasteiger partial charge in [-0.05, 0) is 44.6 Å². The van der Waals surface area contributed by atoms with Crippen molar-refractivity contribution >= 4 is 11.6 Å². The number of aryl methyl sites for hydroxylation is 1. The van der Waals surface area contributed by atoms with Crippen molar-refractivity contribution in [1.82, 2.24) is 15.0 Å². The van der Waals surface area contributed by atoms with E-state index in [1.54, 1.807) is 18.3 Å². The standard InChI is InChI=1S/C24H34N4O3/c1-23(2,3)13-16(30)14-28(6)22-18-8-7-9-19(18)26-21(27-22)20-12-17(10-11-25-20)31-24(4,5)15-29/h10-12,29H,7-9,13-15H2,1-6H3. The molecule has 0 fully saturated rings. The largest absolute Gasteiger partial charge is 0.485 e. The summed E-state index contributed by atoms with van der Waals surface area (Å²) >= 11 is 0. The molecule has 0 unspecified atom stereocenters. The minimum Gasteiger partial charge on any atom is -0.485 e. The third-order valence-electron chi connectivity index (χ3n) is 5.15. The number of rotatable bonds is 8. The molecule has 7 heteroatoms. The Kier molecular flexibility index (Phi) is 6.65. The lowest BCUT2D eigenvalue weighted by molar-refractivity contribution is -0.119. The van der Waals surface area contributed by atoms with Crippen molar-refractivity contribution in [3.63, 3.8) is 0 Å². The number of ether oxygens (including phenoxy) is 1. The van der Waals surface area contributed by atoms with Crippen molar-refractivity contribution in [3.8, 4) is 17.3 Å². The number of hydrogen-bond donors (Lipinski definition) is 1. The van der Waals surface area contributed by atoms with Crippen molar-refractivity contribution < 1.29 is 14.6 Å². The minimum atomic E-state index is -0.698. The van der Waals surface area contributed by atoms with Gasteiger partial charge in [-0.2, -0.15) is 0 Å². The first-order valence-corrected chi connectivity index (χ1v) is 10.9. The number of likely N-dealkylation sites (N-methyl/N-ethyl adjacent to an activating group) is 1. The Morgan fingerprint density at radius 1 is 1.19 bits per heavy atom. The van der Waals surface area contributed by atoms with Crippen molar-refractivity contribution in [2.75, 3.05) is 25.1 Å². The Bertz CT molecular complexity index is 950. The van der Waals surface area contributed by atoms with Crippen LogP contribution < -0.4 is 9.64 Å². The van der Waals surface area contributed by atoms with E-state index in [1.807, 2.05) is 25.8 Å². The second kappa shape index (κ2) is 8.91. The van der Waals surface area contributed by atoms with Gasteiger partial charge in [-0.25, -0.2) is 9.97 Å². The van der Waals surface area contributed by atoms with Crippen molar-refractivity contribution in [3.05, 3.63) is 29.6 Å². The summed E-state index contributed by atoms with van der Waals surface area (Å²) < 4.78 is 5.88. The van der Waals surface area contributed by atoms with Crippen molar-refractivity contribution in [2.45, 2.75) is 65.9 Å². The molecule has 0 amide bonds.